The van der Waals surface area contributed by atoms with Gasteiger partial charge in [-0.25, -0.2) is 4.39 Å². The van der Waals surface area contributed by atoms with Crippen molar-refractivity contribution in [3.63, 3.8) is 0 Å². The number of benzene rings is 1. The first-order valence-electron chi connectivity index (χ1n) is 5.89. The van der Waals surface area contributed by atoms with Gasteiger partial charge in [0.25, 0.3) is 0 Å². The highest BCUT2D eigenvalue weighted by molar-refractivity contribution is 5.20. The zero-order valence-electron chi connectivity index (χ0n) is 10.3. The van der Waals surface area contributed by atoms with Crippen LogP contribution in [0.1, 0.15) is 23.7 Å². The van der Waals surface area contributed by atoms with Gasteiger partial charge in [-0.05, 0) is 36.6 Å². The zero-order valence-corrected chi connectivity index (χ0v) is 10.3. The number of hydrogen-bond donors (Lipinski definition) is 2. The number of aryl methyl sites for hydroxylation is 2. The van der Waals surface area contributed by atoms with Gasteiger partial charge < -0.3 is 0 Å². The average molecular weight is 248 g/mol. The molecule has 4 nitrogen and oxygen atoms in total. The van der Waals surface area contributed by atoms with Gasteiger partial charge in [0.2, 0.25) is 0 Å². The average Bonchev–Trinajstić information content (AvgIpc) is 2.78. The van der Waals surface area contributed by atoms with E-state index in [1.807, 2.05) is 17.8 Å². The predicted octanol–water partition coefficient (Wildman–Crippen LogP) is 1.70. The third kappa shape index (κ3) is 2.94. The van der Waals surface area contributed by atoms with E-state index < -0.39 is 0 Å². The predicted molar refractivity (Wildman–Crippen MR) is 68.0 cm³/mol. The van der Waals surface area contributed by atoms with E-state index >= 15 is 0 Å². The fourth-order valence-corrected chi connectivity index (χ4v) is 1.98. The molecule has 0 radical (unpaired) electrons. The van der Waals surface area contributed by atoms with Crippen LogP contribution in [0.2, 0.25) is 0 Å². The monoisotopic (exact) mass is 248 g/mol. The maximum absolute atomic E-state index is 12.9. The number of nitrogens with zero attached hydrogens (tertiary/aromatic N) is 2. The number of halogens is 1. The van der Waals surface area contributed by atoms with E-state index in [-0.39, 0.29) is 11.9 Å². The Labute approximate surface area is 106 Å². The molecule has 1 aromatic carbocycles. The topological polar surface area (TPSA) is 55.9 Å². The zero-order chi connectivity index (χ0) is 13.0. The SMILES string of the molecule is Cn1nccc1CCC(NN)c1ccc(F)cc1. The Morgan fingerprint density at radius 2 is 2.06 bits per heavy atom. The summed E-state index contributed by atoms with van der Waals surface area (Å²) in [5, 5.41) is 4.12. The van der Waals surface area contributed by atoms with Crippen LogP contribution in [0.25, 0.3) is 0 Å². The normalized spacial score (nSPS) is 12.6. The van der Waals surface area contributed by atoms with Crippen molar-refractivity contribution in [2.45, 2.75) is 18.9 Å². The van der Waals surface area contributed by atoms with Crippen LogP contribution in [-0.4, -0.2) is 9.78 Å². The van der Waals surface area contributed by atoms with E-state index in [0.29, 0.717) is 0 Å². The molecular formula is C13H17FN4. The molecule has 2 aromatic rings. The summed E-state index contributed by atoms with van der Waals surface area (Å²) in [6.45, 7) is 0. The molecule has 1 unspecified atom stereocenters. The van der Waals surface area contributed by atoms with E-state index in [1.54, 1.807) is 18.3 Å². The molecule has 1 heterocycles. The van der Waals surface area contributed by atoms with Gasteiger partial charge in [-0.1, -0.05) is 12.1 Å². The standard InChI is InChI=1S/C13H17FN4/c1-18-12(8-9-16-18)6-7-13(17-15)10-2-4-11(14)5-3-10/h2-5,8-9,13,17H,6-7,15H2,1H3. The molecule has 0 bridgehead atoms. The maximum Gasteiger partial charge on any atom is 0.123 e. The molecule has 0 spiro atoms. The summed E-state index contributed by atoms with van der Waals surface area (Å²) in [6.07, 6.45) is 3.47. The van der Waals surface area contributed by atoms with E-state index in [1.165, 1.54) is 12.1 Å². The number of rotatable bonds is 5. The van der Waals surface area contributed by atoms with Crippen molar-refractivity contribution in [3.05, 3.63) is 53.6 Å². The second-order valence-electron chi connectivity index (χ2n) is 4.26. The number of nitrogens with two attached hydrogens (primary N) is 1. The van der Waals surface area contributed by atoms with E-state index in [0.717, 1.165) is 24.1 Å². The molecule has 1 aromatic heterocycles. The summed E-state index contributed by atoms with van der Waals surface area (Å²) < 4.78 is 14.7. The van der Waals surface area contributed by atoms with Crippen LogP contribution in [0.5, 0.6) is 0 Å². The van der Waals surface area contributed by atoms with Crippen molar-refractivity contribution < 1.29 is 4.39 Å². The molecule has 5 heteroatoms. The minimum atomic E-state index is -0.235. The number of hydrogen-bond acceptors (Lipinski definition) is 3. The summed E-state index contributed by atoms with van der Waals surface area (Å²) in [4.78, 5) is 0. The van der Waals surface area contributed by atoms with Gasteiger partial charge in [0.1, 0.15) is 5.82 Å². The number of aromatic nitrogens is 2. The van der Waals surface area contributed by atoms with Crippen molar-refractivity contribution in [2.24, 2.45) is 12.9 Å². The Bertz CT molecular complexity index is 492. The molecular weight excluding hydrogens is 231 g/mol. The fourth-order valence-electron chi connectivity index (χ4n) is 1.98. The van der Waals surface area contributed by atoms with Gasteiger partial charge in [-0.3, -0.25) is 16.0 Å². The minimum Gasteiger partial charge on any atom is -0.273 e. The van der Waals surface area contributed by atoms with E-state index in [4.69, 9.17) is 5.84 Å². The Kier molecular flexibility index (Phi) is 4.07. The van der Waals surface area contributed by atoms with Crippen LogP contribution in [0, 0.1) is 5.82 Å². The van der Waals surface area contributed by atoms with E-state index in [2.05, 4.69) is 10.5 Å². The Morgan fingerprint density at radius 1 is 1.33 bits per heavy atom. The van der Waals surface area contributed by atoms with Gasteiger partial charge in [-0.2, -0.15) is 5.10 Å². The van der Waals surface area contributed by atoms with Gasteiger partial charge >= 0.3 is 0 Å². The highest BCUT2D eigenvalue weighted by Gasteiger charge is 2.10. The molecule has 96 valence electrons. The van der Waals surface area contributed by atoms with Gasteiger partial charge in [0.05, 0.1) is 0 Å². The lowest BCUT2D eigenvalue weighted by molar-refractivity contribution is 0.505. The molecule has 2 rings (SSSR count). The number of nitrogens with one attached hydrogen (secondary N) is 1. The molecule has 0 aliphatic heterocycles. The largest absolute Gasteiger partial charge is 0.273 e. The minimum absolute atomic E-state index is 0.0144. The summed E-state index contributed by atoms with van der Waals surface area (Å²) in [6, 6.07) is 8.40. The van der Waals surface area contributed by atoms with Crippen LogP contribution in [-0.2, 0) is 13.5 Å². The van der Waals surface area contributed by atoms with Gasteiger partial charge in [0.15, 0.2) is 0 Å². The van der Waals surface area contributed by atoms with Crippen LogP contribution >= 0.6 is 0 Å². The third-order valence-electron chi connectivity index (χ3n) is 3.09. The lowest BCUT2D eigenvalue weighted by Gasteiger charge is -2.16. The molecule has 0 aliphatic carbocycles. The first-order chi connectivity index (χ1) is 8.70. The second-order valence-corrected chi connectivity index (χ2v) is 4.26. The second kappa shape index (κ2) is 5.75. The van der Waals surface area contributed by atoms with Crippen molar-refractivity contribution in [3.8, 4) is 0 Å². The van der Waals surface area contributed by atoms with Crippen molar-refractivity contribution >= 4 is 0 Å². The van der Waals surface area contributed by atoms with Crippen LogP contribution in [0.3, 0.4) is 0 Å². The molecule has 1 atom stereocenters. The highest BCUT2D eigenvalue weighted by Crippen LogP contribution is 2.18. The van der Waals surface area contributed by atoms with Crippen molar-refractivity contribution in [2.75, 3.05) is 0 Å². The fraction of sp³-hybridized carbons (Fsp3) is 0.308. The van der Waals surface area contributed by atoms with Gasteiger partial charge in [-0.15, -0.1) is 0 Å². The molecule has 0 amide bonds. The Hall–Kier alpha value is -1.72. The quantitative estimate of drug-likeness (QED) is 0.625. The molecule has 0 saturated carbocycles. The first kappa shape index (κ1) is 12.7. The summed E-state index contributed by atoms with van der Waals surface area (Å²) >= 11 is 0. The molecule has 0 fully saturated rings. The Morgan fingerprint density at radius 3 is 2.61 bits per heavy atom. The van der Waals surface area contributed by atoms with E-state index in [9.17, 15) is 4.39 Å². The molecule has 0 aliphatic rings. The highest BCUT2D eigenvalue weighted by atomic mass is 19.1. The maximum atomic E-state index is 12.9. The van der Waals surface area contributed by atoms with Crippen molar-refractivity contribution in [1.82, 2.24) is 15.2 Å². The lowest BCUT2D eigenvalue weighted by atomic mass is 10.0. The molecule has 18 heavy (non-hydrogen) atoms. The van der Waals surface area contributed by atoms with Crippen LogP contribution < -0.4 is 11.3 Å². The first-order valence-corrected chi connectivity index (χ1v) is 5.89. The van der Waals surface area contributed by atoms with Gasteiger partial charge in [0, 0.05) is 25.0 Å². The summed E-state index contributed by atoms with van der Waals surface area (Å²) in [5.74, 6) is 5.32. The number of hydrazine groups is 1. The Balaban J connectivity index is 2.01. The summed E-state index contributed by atoms with van der Waals surface area (Å²) in [5.41, 5.74) is 4.91. The summed E-state index contributed by atoms with van der Waals surface area (Å²) in [7, 11) is 1.91. The van der Waals surface area contributed by atoms with Crippen LogP contribution in [0.4, 0.5) is 4.39 Å². The molecule has 3 N–H and O–H groups in total. The lowest BCUT2D eigenvalue weighted by Crippen LogP contribution is -2.28. The smallest absolute Gasteiger partial charge is 0.123 e. The third-order valence-corrected chi connectivity index (χ3v) is 3.09. The molecule has 0 saturated heterocycles. The van der Waals surface area contributed by atoms with Crippen molar-refractivity contribution in [1.29, 1.82) is 0 Å². The van der Waals surface area contributed by atoms with Crippen LogP contribution in [0.15, 0.2) is 36.5 Å².